The van der Waals surface area contributed by atoms with Crippen molar-refractivity contribution in [1.29, 1.82) is 0 Å². The minimum absolute atomic E-state index is 0.439. The average Bonchev–Trinajstić information content (AvgIpc) is 2.40. The lowest BCUT2D eigenvalue weighted by molar-refractivity contribution is 0.358. The van der Waals surface area contributed by atoms with Gasteiger partial charge in [-0.15, -0.1) is 0 Å². The fraction of sp³-hybridized carbons (Fsp3) is 0.667. The zero-order valence-electron chi connectivity index (χ0n) is 13.6. The summed E-state index contributed by atoms with van der Waals surface area (Å²) in [5, 5.41) is 3.82. The summed E-state index contributed by atoms with van der Waals surface area (Å²) in [6.45, 7) is 13.6. The highest BCUT2D eigenvalue weighted by molar-refractivity contribution is 5.32. The van der Waals surface area contributed by atoms with Crippen LogP contribution in [0.5, 0.6) is 0 Å². The van der Waals surface area contributed by atoms with Gasteiger partial charge in [0, 0.05) is 12.1 Å². The molecular weight excluding hydrogens is 230 g/mol. The van der Waals surface area contributed by atoms with Crippen molar-refractivity contribution in [2.75, 3.05) is 0 Å². The van der Waals surface area contributed by atoms with Gasteiger partial charge in [0.25, 0.3) is 0 Å². The van der Waals surface area contributed by atoms with Gasteiger partial charge in [-0.3, -0.25) is 0 Å². The van der Waals surface area contributed by atoms with Gasteiger partial charge in [0.2, 0.25) is 0 Å². The van der Waals surface area contributed by atoms with Crippen LogP contribution in [0.25, 0.3) is 0 Å². The van der Waals surface area contributed by atoms with Crippen molar-refractivity contribution in [3.63, 3.8) is 0 Å². The Balaban J connectivity index is 2.71. The molecule has 0 bridgehead atoms. The van der Waals surface area contributed by atoms with Gasteiger partial charge in [-0.1, -0.05) is 51.0 Å². The quantitative estimate of drug-likeness (QED) is 0.714. The van der Waals surface area contributed by atoms with E-state index in [-0.39, 0.29) is 0 Å². The molecule has 1 heteroatoms. The Morgan fingerprint density at radius 1 is 1.05 bits per heavy atom. The predicted octanol–water partition coefficient (Wildman–Crippen LogP) is 5.17. The summed E-state index contributed by atoms with van der Waals surface area (Å²) in [7, 11) is 0. The Morgan fingerprint density at radius 3 is 2.32 bits per heavy atom. The molecule has 0 spiro atoms. The molecule has 1 aromatic rings. The van der Waals surface area contributed by atoms with Gasteiger partial charge < -0.3 is 5.32 Å². The van der Waals surface area contributed by atoms with Crippen molar-refractivity contribution >= 4 is 0 Å². The van der Waals surface area contributed by atoms with Gasteiger partial charge in [0.05, 0.1) is 0 Å². The van der Waals surface area contributed by atoms with Crippen LogP contribution in [0.1, 0.15) is 69.7 Å². The molecule has 0 saturated heterocycles. The zero-order valence-corrected chi connectivity index (χ0v) is 13.6. The van der Waals surface area contributed by atoms with Crippen LogP contribution in [0.15, 0.2) is 18.2 Å². The lowest BCUT2D eigenvalue weighted by Crippen LogP contribution is -2.32. The first-order chi connectivity index (χ1) is 8.97. The Kier molecular flexibility index (Phi) is 6.57. The number of hydrogen-bond donors (Lipinski definition) is 1. The van der Waals surface area contributed by atoms with E-state index in [1.54, 1.807) is 0 Å². The third-order valence-corrected chi connectivity index (χ3v) is 4.26. The molecule has 19 heavy (non-hydrogen) atoms. The molecule has 1 rings (SSSR count). The van der Waals surface area contributed by atoms with E-state index in [4.69, 9.17) is 0 Å². The Labute approximate surface area is 119 Å². The third-order valence-electron chi connectivity index (χ3n) is 4.26. The molecule has 0 saturated carbocycles. The maximum Gasteiger partial charge on any atom is 0.0297 e. The summed E-state index contributed by atoms with van der Waals surface area (Å²) < 4.78 is 0. The SMILES string of the molecule is CCC(C)CC(CC)NC(C)c1cc(C)ccc1C. The molecule has 0 radical (unpaired) electrons. The average molecular weight is 261 g/mol. The molecule has 0 aliphatic heterocycles. The van der Waals surface area contributed by atoms with Gasteiger partial charge in [-0.25, -0.2) is 0 Å². The second kappa shape index (κ2) is 7.69. The van der Waals surface area contributed by atoms with Gasteiger partial charge >= 0.3 is 0 Å². The lowest BCUT2D eigenvalue weighted by Gasteiger charge is -2.26. The van der Waals surface area contributed by atoms with Gasteiger partial charge in [-0.05, 0) is 50.7 Å². The summed E-state index contributed by atoms with van der Waals surface area (Å²) in [5.74, 6) is 0.809. The molecular formula is C18H31N. The molecule has 3 unspecified atom stereocenters. The van der Waals surface area contributed by atoms with Crippen LogP contribution in [0.2, 0.25) is 0 Å². The van der Waals surface area contributed by atoms with E-state index < -0.39 is 0 Å². The molecule has 0 aromatic heterocycles. The van der Waals surface area contributed by atoms with Gasteiger partial charge in [-0.2, -0.15) is 0 Å². The molecule has 0 aliphatic rings. The van der Waals surface area contributed by atoms with Crippen molar-refractivity contribution < 1.29 is 0 Å². The van der Waals surface area contributed by atoms with Gasteiger partial charge in [0.1, 0.15) is 0 Å². The second-order valence-electron chi connectivity index (χ2n) is 6.10. The minimum atomic E-state index is 0.439. The van der Waals surface area contributed by atoms with Crippen LogP contribution in [0.4, 0.5) is 0 Å². The predicted molar refractivity (Wildman–Crippen MR) is 85.6 cm³/mol. The summed E-state index contributed by atoms with van der Waals surface area (Å²) in [6, 6.07) is 7.82. The summed E-state index contributed by atoms with van der Waals surface area (Å²) in [5.41, 5.74) is 4.19. The molecule has 0 heterocycles. The van der Waals surface area contributed by atoms with Gasteiger partial charge in [0.15, 0.2) is 0 Å². The Hall–Kier alpha value is -0.820. The zero-order chi connectivity index (χ0) is 14.4. The Bertz CT molecular complexity index is 383. The normalized spacial score (nSPS) is 16.1. The van der Waals surface area contributed by atoms with Crippen LogP contribution in [-0.2, 0) is 0 Å². The van der Waals surface area contributed by atoms with E-state index in [9.17, 15) is 0 Å². The fourth-order valence-electron chi connectivity index (χ4n) is 2.67. The number of benzene rings is 1. The first-order valence-corrected chi connectivity index (χ1v) is 7.81. The molecule has 1 nitrogen and oxygen atoms in total. The molecule has 0 fully saturated rings. The van der Waals surface area contributed by atoms with Crippen LogP contribution in [0.3, 0.4) is 0 Å². The van der Waals surface area contributed by atoms with E-state index in [1.807, 2.05) is 0 Å². The van der Waals surface area contributed by atoms with Crippen LogP contribution >= 0.6 is 0 Å². The molecule has 0 aliphatic carbocycles. The van der Waals surface area contributed by atoms with E-state index >= 15 is 0 Å². The van der Waals surface area contributed by atoms with Crippen molar-refractivity contribution in [2.45, 2.75) is 72.9 Å². The maximum atomic E-state index is 3.82. The second-order valence-corrected chi connectivity index (χ2v) is 6.10. The molecule has 1 aromatic carbocycles. The monoisotopic (exact) mass is 261 g/mol. The lowest BCUT2D eigenvalue weighted by atomic mass is 9.95. The van der Waals surface area contributed by atoms with Crippen molar-refractivity contribution in [3.05, 3.63) is 34.9 Å². The standard InChI is InChI=1S/C18H31N/c1-7-13(3)11-17(8-2)19-16(6)18-12-14(4)9-10-15(18)5/h9-10,12-13,16-17,19H,7-8,11H2,1-6H3. The first kappa shape index (κ1) is 16.2. The van der Waals surface area contributed by atoms with E-state index in [0.29, 0.717) is 12.1 Å². The number of rotatable bonds is 7. The minimum Gasteiger partial charge on any atom is -0.307 e. The summed E-state index contributed by atoms with van der Waals surface area (Å²) in [4.78, 5) is 0. The number of aryl methyl sites for hydroxylation is 2. The maximum absolute atomic E-state index is 3.82. The fourth-order valence-corrected chi connectivity index (χ4v) is 2.67. The number of nitrogens with one attached hydrogen (secondary N) is 1. The van der Waals surface area contributed by atoms with Crippen LogP contribution in [-0.4, -0.2) is 6.04 Å². The van der Waals surface area contributed by atoms with E-state index in [0.717, 1.165) is 5.92 Å². The summed E-state index contributed by atoms with van der Waals surface area (Å²) in [6.07, 6.45) is 3.76. The van der Waals surface area contributed by atoms with Crippen LogP contribution in [0, 0.1) is 19.8 Å². The largest absolute Gasteiger partial charge is 0.307 e. The van der Waals surface area contributed by atoms with Crippen molar-refractivity contribution in [2.24, 2.45) is 5.92 Å². The summed E-state index contributed by atoms with van der Waals surface area (Å²) >= 11 is 0. The topological polar surface area (TPSA) is 12.0 Å². The van der Waals surface area contributed by atoms with Crippen molar-refractivity contribution in [1.82, 2.24) is 5.32 Å². The van der Waals surface area contributed by atoms with Crippen molar-refractivity contribution in [3.8, 4) is 0 Å². The first-order valence-electron chi connectivity index (χ1n) is 7.81. The highest BCUT2D eigenvalue weighted by Crippen LogP contribution is 2.21. The highest BCUT2D eigenvalue weighted by Gasteiger charge is 2.15. The van der Waals surface area contributed by atoms with E-state index in [1.165, 1.54) is 36.0 Å². The third kappa shape index (κ3) is 4.99. The molecule has 0 amide bonds. The number of hydrogen-bond acceptors (Lipinski definition) is 1. The molecule has 108 valence electrons. The Morgan fingerprint density at radius 2 is 1.74 bits per heavy atom. The van der Waals surface area contributed by atoms with E-state index in [2.05, 4.69) is 65.1 Å². The molecule has 1 N–H and O–H groups in total. The highest BCUT2D eigenvalue weighted by atomic mass is 14.9. The smallest absolute Gasteiger partial charge is 0.0297 e. The van der Waals surface area contributed by atoms with Crippen LogP contribution < -0.4 is 5.32 Å². The molecule has 3 atom stereocenters.